The van der Waals surface area contributed by atoms with E-state index in [1.54, 1.807) is 41.9 Å². The minimum atomic E-state index is -0.269. The Bertz CT molecular complexity index is 1110. The van der Waals surface area contributed by atoms with Crippen molar-refractivity contribution in [2.24, 2.45) is 13.0 Å². The van der Waals surface area contributed by atoms with Gasteiger partial charge in [0.25, 0.3) is 5.56 Å². The molecule has 146 valence electrons. The highest BCUT2D eigenvalue weighted by molar-refractivity contribution is 7.16. The van der Waals surface area contributed by atoms with Crippen LogP contribution in [0.25, 0.3) is 10.2 Å². The van der Waals surface area contributed by atoms with Crippen LogP contribution in [-0.2, 0) is 18.4 Å². The smallest absolute Gasteiger partial charge is 0.262 e. The van der Waals surface area contributed by atoms with E-state index in [2.05, 4.69) is 9.97 Å². The Labute approximate surface area is 165 Å². The number of fused-ring (bicyclic) bond motifs is 1. The maximum Gasteiger partial charge on any atom is 0.262 e. The molecule has 3 aromatic heterocycles. The summed E-state index contributed by atoms with van der Waals surface area (Å²) in [7, 11) is 1.79. The predicted molar refractivity (Wildman–Crippen MR) is 105 cm³/mol. The molecule has 0 spiro atoms. The normalized spacial score (nSPS) is 17.2. The third-order valence-electron chi connectivity index (χ3n) is 5.25. The number of Topliss-reactive ketones (excluding diaryl/α,β-unsaturated/α-hetero) is 1. The highest BCUT2D eigenvalue weighted by Crippen LogP contribution is 2.21. The van der Waals surface area contributed by atoms with E-state index in [0.29, 0.717) is 35.0 Å². The van der Waals surface area contributed by atoms with Crippen molar-refractivity contribution in [3.05, 3.63) is 45.8 Å². The van der Waals surface area contributed by atoms with E-state index in [1.165, 1.54) is 15.9 Å². The summed E-state index contributed by atoms with van der Waals surface area (Å²) < 4.78 is 3.12. The minimum Gasteiger partial charge on any atom is -0.340 e. The molecule has 1 fully saturated rings. The van der Waals surface area contributed by atoms with Gasteiger partial charge in [0, 0.05) is 38.4 Å². The average molecular weight is 399 g/mol. The molecule has 4 rings (SSSR count). The summed E-state index contributed by atoms with van der Waals surface area (Å²) in [5.41, 5.74) is -0.199. The number of ketones is 1. The first-order valence-electron chi connectivity index (χ1n) is 9.19. The quantitative estimate of drug-likeness (QED) is 0.622. The second kappa shape index (κ2) is 7.31. The van der Waals surface area contributed by atoms with Crippen molar-refractivity contribution in [1.82, 2.24) is 24.0 Å². The summed E-state index contributed by atoms with van der Waals surface area (Å²) in [6.07, 6.45) is 4.82. The molecule has 4 heterocycles. The molecule has 0 aromatic carbocycles. The van der Waals surface area contributed by atoms with Crippen LogP contribution >= 0.6 is 11.3 Å². The van der Waals surface area contributed by atoms with E-state index < -0.39 is 0 Å². The largest absolute Gasteiger partial charge is 0.340 e. The van der Waals surface area contributed by atoms with Gasteiger partial charge in [-0.2, -0.15) is 0 Å². The van der Waals surface area contributed by atoms with Gasteiger partial charge in [0.05, 0.1) is 5.39 Å². The lowest BCUT2D eigenvalue weighted by atomic mass is 9.93. The van der Waals surface area contributed by atoms with Crippen LogP contribution in [0.2, 0.25) is 0 Å². The van der Waals surface area contributed by atoms with Crippen LogP contribution in [0.15, 0.2) is 28.6 Å². The molecular formula is C19H21N5O3S. The molecule has 8 nitrogen and oxygen atoms in total. The van der Waals surface area contributed by atoms with Crippen molar-refractivity contribution < 1.29 is 9.59 Å². The van der Waals surface area contributed by atoms with Crippen LogP contribution in [0.1, 0.15) is 29.3 Å². The van der Waals surface area contributed by atoms with Gasteiger partial charge in [-0.3, -0.25) is 19.0 Å². The molecule has 9 heteroatoms. The van der Waals surface area contributed by atoms with Crippen LogP contribution in [0.4, 0.5) is 0 Å². The van der Waals surface area contributed by atoms with Crippen LogP contribution in [0.5, 0.6) is 0 Å². The van der Waals surface area contributed by atoms with Crippen LogP contribution in [0, 0.1) is 12.8 Å². The van der Waals surface area contributed by atoms with E-state index in [-0.39, 0.29) is 29.7 Å². The molecule has 28 heavy (non-hydrogen) atoms. The zero-order valence-corrected chi connectivity index (χ0v) is 16.6. The van der Waals surface area contributed by atoms with Crippen molar-refractivity contribution in [2.45, 2.75) is 26.3 Å². The van der Waals surface area contributed by atoms with E-state index in [0.717, 1.165) is 12.8 Å². The molecule has 1 aliphatic heterocycles. The van der Waals surface area contributed by atoms with Crippen LogP contribution in [0.3, 0.4) is 0 Å². The fourth-order valence-corrected chi connectivity index (χ4v) is 4.48. The number of piperidine rings is 1. The van der Waals surface area contributed by atoms with Crippen LogP contribution < -0.4 is 5.56 Å². The Morgan fingerprint density at radius 2 is 2.18 bits per heavy atom. The molecule has 3 aromatic rings. The zero-order chi connectivity index (χ0) is 19.8. The summed E-state index contributed by atoms with van der Waals surface area (Å²) in [6, 6.07) is 1.73. The number of carbonyl (C=O) groups excluding carboxylic acids is 2. The molecule has 1 aliphatic rings. The SMILES string of the molecule is Cc1nc2sccc2c(=O)n1CC(=O)N1CCCC(C(=O)c2nccn2C)C1. The van der Waals surface area contributed by atoms with Gasteiger partial charge < -0.3 is 9.47 Å². The van der Waals surface area contributed by atoms with Crippen molar-refractivity contribution in [3.63, 3.8) is 0 Å². The number of thiophene rings is 1. The number of hydrogen-bond acceptors (Lipinski definition) is 6. The zero-order valence-electron chi connectivity index (χ0n) is 15.8. The molecular weight excluding hydrogens is 378 g/mol. The number of hydrogen-bond donors (Lipinski definition) is 0. The van der Waals surface area contributed by atoms with E-state index in [4.69, 9.17) is 0 Å². The Kier molecular flexibility index (Phi) is 4.84. The first-order chi connectivity index (χ1) is 13.5. The molecule has 0 radical (unpaired) electrons. The van der Waals surface area contributed by atoms with Gasteiger partial charge >= 0.3 is 0 Å². The van der Waals surface area contributed by atoms with Gasteiger partial charge in [-0.05, 0) is 31.2 Å². The molecule has 0 aliphatic carbocycles. The maximum atomic E-state index is 12.9. The monoisotopic (exact) mass is 399 g/mol. The number of likely N-dealkylation sites (tertiary alicyclic amines) is 1. The lowest BCUT2D eigenvalue weighted by Gasteiger charge is -2.32. The highest BCUT2D eigenvalue weighted by atomic mass is 32.1. The van der Waals surface area contributed by atoms with Crippen molar-refractivity contribution in [2.75, 3.05) is 13.1 Å². The lowest BCUT2D eigenvalue weighted by Crippen LogP contribution is -2.45. The van der Waals surface area contributed by atoms with Gasteiger partial charge in [-0.1, -0.05) is 0 Å². The first-order valence-corrected chi connectivity index (χ1v) is 10.1. The van der Waals surface area contributed by atoms with E-state index in [9.17, 15) is 14.4 Å². The van der Waals surface area contributed by atoms with Gasteiger partial charge in [0.15, 0.2) is 5.82 Å². The summed E-state index contributed by atoms with van der Waals surface area (Å²) in [5, 5.41) is 2.35. The highest BCUT2D eigenvalue weighted by Gasteiger charge is 2.31. The fraction of sp³-hybridized carbons (Fsp3) is 0.421. The van der Waals surface area contributed by atoms with E-state index in [1.807, 2.05) is 5.38 Å². The Balaban J connectivity index is 1.52. The van der Waals surface area contributed by atoms with Gasteiger partial charge in [-0.15, -0.1) is 11.3 Å². The summed E-state index contributed by atoms with van der Waals surface area (Å²) in [5.74, 6) is 0.456. The second-order valence-corrected chi connectivity index (χ2v) is 7.99. The number of amides is 1. The third-order valence-corrected chi connectivity index (χ3v) is 6.06. The topological polar surface area (TPSA) is 90.1 Å². The maximum absolute atomic E-state index is 12.9. The van der Waals surface area contributed by atoms with Gasteiger partial charge in [0.2, 0.25) is 11.7 Å². The van der Waals surface area contributed by atoms with Crippen molar-refractivity contribution >= 4 is 33.2 Å². The average Bonchev–Trinajstić information content (AvgIpc) is 3.33. The number of rotatable bonds is 4. The molecule has 0 bridgehead atoms. The molecule has 1 atom stereocenters. The van der Waals surface area contributed by atoms with E-state index >= 15 is 0 Å². The summed E-state index contributed by atoms with van der Waals surface area (Å²) in [4.78, 5) is 49.2. The molecule has 0 N–H and O–H groups in total. The number of nitrogens with zero attached hydrogens (tertiary/aromatic N) is 5. The Morgan fingerprint density at radius 1 is 1.36 bits per heavy atom. The fourth-order valence-electron chi connectivity index (χ4n) is 3.68. The summed E-state index contributed by atoms with van der Waals surface area (Å²) in [6.45, 7) is 2.61. The predicted octanol–water partition coefficient (Wildman–Crippen LogP) is 1.62. The van der Waals surface area contributed by atoms with Crippen molar-refractivity contribution in [1.29, 1.82) is 0 Å². The number of imidazole rings is 1. The molecule has 1 unspecified atom stereocenters. The first kappa shape index (κ1) is 18.5. The summed E-state index contributed by atoms with van der Waals surface area (Å²) >= 11 is 1.41. The minimum absolute atomic E-state index is 0.0419. The third kappa shape index (κ3) is 3.26. The Morgan fingerprint density at radius 3 is 2.93 bits per heavy atom. The molecule has 0 saturated carbocycles. The number of aryl methyl sites for hydroxylation is 2. The molecule has 1 amide bonds. The number of aromatic nitrogens is 4. The molecule has 1 saturated heterocycles. The standard InChI is InChI=1S/C19H21N5O3S/c1-12-21-18-14(5-9-28-18)19(27)24(12)11-15(25)23-7-3-4-13(10-23)16(26)17-20-6-8-22(17)2/h5-6,8-9,13H,3-4,7,10-11H2,1-2H3. The number of carbonyl (C=O) groups is 2. The van der Waals surface area contributed by atoms with Gasteiger partial charge in [-0.25, -0.2) is 9.97 Å². The Hall–Kier alpha value is -2.81. The van der Waals surface area contributed by atoms with Crippen molar-refractivity contribution in [3.8, 4) is 0 Å². The van der Waals surface area contributed by atoms with Crippen LogP contribution in [-0.4, -0.2) is 48.8 Å². The lowest BCUT2D eigenvalue weighted by molar-refractivity contribution is -0.133. The second-order valence-electron chi connectivity index (χ2n) is 7.09. The van der Waals surface area contributed by atoms with Gasteiger partial charge in [0.1, 0.15) is 17.2 Å².